The second-order valence-electron chi connectivity index (χ2n) is 7.27. The van der Waals surface area contributed by atoms with Crippen LogP contribution in [0, 0.1) is 11.6 Å². The van der Waals surface area contributed by atoms with Gasteiger partial charge in [0.25, 0.3) is 0 Å². The predicted molar refractivity (Wildman–Crippen MR) is 111 cm³/mol. The number of methoxy groups -OCH3 is 1. The second kappa shape index (κ2) is 8.51. The molecule has 1 atom stereocenters. The summed E-state index contributed by atoms with van der Waals surface area (Å²) in [6.45, 7) is 5.58. The van der Waals surface area contributed by atoms with Gasteiger partial charge in [-0.1, -0.05) is 13.8 Å². The molecule has 0 aromatic carbocycles. The van der Waals surface area contributed by atoms with E-state index in [2.05, 4.69) is 25.7 Å². The number of pyridine rings is 1. The molecule has 7 nitrogen and oxygen atoms in total. The van der Waals surface area contributed by atoms with Gasteiger partial charge >= 0.3 is 0 Å². The van der Waals surface area contributed by atoms with Crippen molar-refractivity contribution < 1.29 is 13.5 Å². The first-order valence-electron chi connectivity index (χ1n) is 10.4. The molecular formula is C21H26F2N6O. The average molecular weight is 416 g/mol. The molecular weight excluding hydrogens is 390 g/mol. The van der Waals surface area contributed by atoms with Crippen LogP contribution in [0.3, 0.4) is 0 Å². The molecule has 9 heteroatoms. The molecule has 5 rings (SSSR count). The van der Waals surface area contributed by atoms with Crippen LogP contribution in [0.15, 0.2) is 18.3 Å². The molecule has 0 bridgehead atoms. The van der Waals surface area contributed by atoms with Gasteiger partial charge in [-0.3, -0.25) is 0 Å². The molecule has 3 aromatic rings. The van der Waals surface area contributed by atoms with E-state index in [1.807, 2.05) is 13.8 Å². The van der Waals surface area contributed by atoms with Crippen molar-refractivity contribution in [1.29, 1.82) is 0 Å². The molecule has 2 fully saturated rings. The van der Waals surface area contributed by atoms with E-state index in [0.717, 1.165) is 44.1 Å². The lowest BCUT2D eigenvalue weighted by atomic mass is 10.2. The lowest BCUT2D eigenvalue weighted by molar-refractivity contribution is 0.405. The first kappa shape index (κ1) is 20.5. The van der Waals surface area contributed by atoms with Crippen molar-refractivity contribution in [2.75, 3.05) is 25.5 Å². The molecule has 0 radical (unpaired) electrons. The largest absolute Gasteiger partial charge is 0.495 e. The Balaban J connectivity index is 0.00000106. The van der Waals surface area contributed by atoms with Crippen LogP contribution in [0.2, 0.25) is 0 Å². The number of aromatic nitrogens is 4. The predicted octanol–water partition coefficient (Wildman–Crippen LogP) is 3.76. The van der Waals surface area contributed by atoms with Gasteiger partial charge < -0.3 is 15.4 Å². The number of ether oxygens (including phenoxy) is 1. The third-order valence-electron chi connectivity index (χ3n) is 5.24. The van der Waals surface area contributed by atoms with Gasteiger partial charge in [0.05, 0.1) is 13.3 Å². The standard InChI is InChI=1S/C19H20F2N6O.C2H6/c1-28-15-7-16-23-9-14(27(16)26-17(15)10-2-3-10)18-12(20)6-13(21)19(25-18)24-11-4-5-22-8-11;1-2/h6-7,9-11,22H,2-5,8H2,1H3,(H,24,25);1-2H3. The van der Waals surface area contributed by atoms with Crippen LogP contribution in [-0.4, -0.2) is 45.8 Å². The van der Waals surface area contributed by atoms with E-state index in [4.69, 9.17) is 4.74 Å². The molecule has 4 heterocycles. The van der Waals surface area contributed by atoms with Gasteiger partial charge in [-0.25, -0.2) is 23.3 Å². The number of rotatable bonds is 5. The van der Waals surface area contributed by atoms with Crippen LogP contribution in [0.1, 0.15) is 44.7 Å². The minimum atomic E-state index is -0.750. The van der Waals surface area contributed by atoms with Gasteiger partial charge in [0.1, 0.15) is 22.8 Å². The first-order chi connectivity index (χ1) is 14.6. The number of imidazole rings is 1. The number of hydrogen-bond donors (Lipinski definition) is 2. The Kier molecular flexibility index (Phi) is 5.80. The summed E-state index contributed by atoms with van der Waals surface area (Å²) in [5, 5.41) is 10.9. The van der Waals surface area contributed by atoms with Crippen molar-refractivity contribution in [3.05, 3.63) is 35.7 Å². The summed E-state index contributed by atoms with van der Waals surface area (Å²) in [6, 6.07) is 2.71. The summed E-state index contributed by atoms with van der Waals surface area (Å²) < 4.78 is 35.9. The zero-order valence-electron chi connectivity index (χ0n) is 17.4. The third kappa shape index (κ3) is 3.81. The maximum atomic E-state index is 14.6. The average Bonchev–Trinajstić information content (AvgIpc) is 3.33. The highest BCUT2D eigenvalue weighted by molar-refractivity contribution is 5.63. The monoisotopic (exact) mass is 416 g/mol. The Hall–Kier alpha value is -2.81. The van der Waals surface area contributed by atoms with Gasteiger partial charge in [-0.15, -0.1) is 0 Å². The van der Waals surface area contributed by atoms with Gasteiger partial charge in [0, 0.05) is 30.6 Å². The summed E-state index contributed by atoms with van der Waals surface area (Å²) >= 11 is 0. The number of nitrogens with one attached hydrogen (secondary N) is 2. The van der Waals surface area contributed by atoms with Crippen LogP contribution < -0.4 is 15.4 Å². The van der Waals surface area contributed by atoms with Gasteiger partial charge in [0.2, 0.25) is 0 Å². The molecule has 160 valence electrons. The molecule has 30 heavy (non-hydrogen) atoms. The number of fused-ring (bicyclic) bond motifs is 1. The maximum Gasteiger partial charge on any atom is 0.168 e. The van der Waals surface area contributed by atoms with E-state index in [1.165, 1.54) is 6.20 Å². The highest BCUT2D eigenvalue weighted by Crippen LogP contribution is 2.43. The van der Waals surface area contributed by atoms with E-state index in [9.17, 15) is 8.78 Å². The summed E-state index contributed by atoms with van der Waals surface area (Å²) in [5.74, 6) is -0.408. The third-order valence-corrected chi connectivity index (χ3v) is 5.24. The number of halogens is 2. The van der Waals surface area contributed by atoms with E-state index in [-0.39, 0.29) is 17.6 Å². The Morgan fingerprint density at radius 2 is 1.97 bits per heavy atom. The van der Waals surface area contributed by atoms with Crippen LogP contribution in [0.5, 0.6) is 5.75 Å². The minimum absolute atomic E-state index is 0.0155. The summed E-state index contributed by atoms with van der Waals surface area (Å²) in [4.78, 5) is 8.55. The maximum absolute atomic E-state index is 14.6. The van der Waals surface area contributed by atoms with Crippen molar-refractivity contribution in [3.8, 4) is 17.1 Å². The zero-order chi connectivity index (χ0) is 21.3. The lowest BCUT2D eigenvalue weighted by Crippen LogP contribution is -2.23. The molecule has 0 spiro atoms. The Morgan fingerprint density at radius 3 is 2.63 bits per heavy atom. The zero-order valence-corrected chi connectivity index (χ0v) is 17.4. The van der Waals surface area contributed by atoms with E-state index < -0.39 is 11.6 Å². The quantitative estimate of drug-likeness (QED) is 0.660. The molecule has 2 N–H and O–H groups in total. The Labute approximate surface area is 173 Å². The van der Waals surface area contributed by atoms with Gasteiger partial charge in [-0.2, -0.15) is 5.10 Å². The molecule has 0 amide bonds. The molecule has 1 unspecified atom stereocenters. The summed E-state index contributed by atoms with van der Waals surface area (Å²) in [7, 11) is 1.60. The number of anilines is 1. The highest BCUT2D eigenvalue weighted by Gasteiger charge is 2.30. The normalized spacial score (nSPS) is 18.2. The van der Waals surface area contributed by atoms with Crippen LogP contribution in [0.25, 0.3) is 17.0 Å². The van der Waals surface area contributed by atoms with Crippen molar-refractivity contribution in [2.45, 2.75) is 45.1 Å². The lowest BCUT2D eigenvalue weighted by Gasteiger charge is -2.14. The molecule has 1 saturated heterocycles. The van der Waals surface area contributed by atoms with Crippen LogP contribution >= 0.6 is 0 Å². The number of hydrogen-bond acceptors (Lipinski definition) is 6. The minimum Gasteiger partial charge on any atom is -0.495 e. The second-order valence-corrected chi connectivity index (χ2v) is 7.27. The fourth-order valence-corrected chi connectivity index (χ4v) is 3.59. The SMILES string of the molecule is CC.COc1cc2ncc(-c3nc(NC4CCNC4)c(F)cc3F)n2nc1C1CC1. The Bertz CT molecular complexity index is 1040. The van der Waals surface area contributed by atoms with Gasteiger partial charge in [-0.05, 0) is 25.8 Å². The summed E-state index contributed by atoms with van der Waals surface area (Å²) in [6.07, 6.45) is 4.45. The summed E-state index contributed by atoms with van der Waals surface area (Å²) in [5.41, 5.74) is 1.75. The van der Waals surface area contributed by atoms with Crippen molar-refractivity contribution in [2.24, 2.45) is 0 Å². The highest BCUT2D eigenvalue weighted by atomic mass is 19.1. The molecule has 1 aliphatic carbocycles. The molecule has 1 saturated carbocycles. The Morgan fingerprint density at radius 1 is 1.17 bits per heavy atom. The van der Waals surface area contributed by atoms with Crippen LogP contribution in [0.4, 0.5) is 14.6 Å². The molecule has 2 aliphatic rings. The first-order valence-corrected chi connectivity index (χ1v) is 10.4. The molecule has 3 aromatic heterocycles. The van der Waals surface area contributed by atoms with Gasteiger partial charge in [0.15, 0.2) is 23.1 Å². The smallest absolute Gasteiger partial charge is 0.168 e. The van der Waals surface area contributed by atoms with Crippen molar-refractivity contribution >= 4 is 11.5 Å². The van der Waals surface area contributed by atoms with E-state index >= 15 is 0 Å². The topological polar surface area (TPSA) is 76.4 Å². The van der Waals surface area contributed by atoms with E-state index in [0.29, 0.717) is 23.0 Å². The molecule has 1 aliphatic heterocycles. The van der Waals surface area contributed by atoms with Crippen molar-refractivity contribution in [1.82, 2.24) is 24.9 Å². The van der Waals surface area contributed by atoms with Crippen LogP contribution in [-0.2, 0) is 0 Å². The van der Waals surface area contributed by atoms with E-state index in [1.54, 1.807) is 17.7 Å². The van der Waals surface area contributed by atoms with Crippen molar-refractivity contribution in [3.63, 3.8) is 0 Å². The fourth-order valence-electron chi connectivity index (χ4n) is 3.59. The fraction of sp³-hybridized carbons (Fsp3) is 0.476. The number of nitrogens with zero attached hydrogens (tertiary/aromatic N) is 4.